The van der Waals surface area contributed by atoms with Crippen molar-refractivity contribution < 1.29 is 4.39 Å². The first-order chi connectivity index (χ1) is 8.19. The highest BCUT2D eigenvalue weighted by Gasteiger charge is 2.02. The van der Waals surface area contributed by atoms with Crippen molar-refractivity contribution in [1.29, 1.82) is 5.26 Å². The number of hydrogen-bond donors (Lipinski definition) is 1. The van der Waals surface area contributed by atoms with E-state index in [-0.39, 0.29) is 5.82 Å². The first-order valence-electron chi connectivity index (χ1n) is 4.91. The molecule has 2 aromatic carbocycles. The molecule has 0 radical (unpaired) electrons. The summed E-state index contributed by atoms with van der Waals surface area (Å²) in [5.74, 6) is -0.320. The quantitative estimate of drug-likeness (QED) is 0.866. The van der Waals surface area contributed by atoms with Crippen LogP contribution in [0.4, 0.5) is 15.8 Å². The minimum Gasteiger partial charge on any atom is -0.354 e. The Bertz CT molecular complexity index is 590. The maximum atomic E-state index is 13.0. The van der Waals surface area contributed by atoms with E-state index in [4.69, 9.17) is 16.9 Å². The second-order valence-electron chi connectivity index (χ2n) is 3.44. The lowest BCUT2D eigenvalue weighted by molar-refractivity contribution is 0.628. The van der Waals surface area contributed by atoms with Gasteiger partial charge < -0.3 is 5.32 Å². The van der Waals surface area contributed by atoms with Gasteiger partial charge in [0.05, 0.1) is 22.3 Å². The normalized spacial score (nSPS) is 9.71. The van der Waals surface area contributed by atoms with Gasteiger partial charge >= 0.3 is 0 Å². The fraction of sp³-hybridized carbons (Fsp3) is 0. The molecule has 0 unspecified atom stereocenters. The lowest BCUT2D eigenvalue weighted by atomic mass is 10.2. The topological polar surface area (TPSA) is 35.8 Å². The molecular weight excluding hydrogens is 239 g/mol. The maximum absolute atomic E-state index is 13.0. The van der Waals surface area contributed by atoms with Gasteiger partial charge in [0.2, 0.25) is 0 Å². The molecule has 17 heavy (non-hydrogen) atoms. The van der Waals surface area contributed by atoms with Crippen molar-refractivity contribution in [3.8, 4) is 6.07 Å². The number of anilines is 2. The average Bonchev–Trinajstić information content (AvgIpc) is 2.32. The van der Waals surface area contributed by atoms with Gasteiger partial charge in [-0.15, -0.1) is 0 Å². The van der Waals surface area contributed by atoms with Gasteiger partial charge in [-0.1, -0.05) is 17.7 Å². The number of rotatable bonds is 2. The summed E-state index contributed by atoms with van der Waals surface area (Å²) in [6.45, 7) is 0. The third kappa shape index (κ3) is 2.74. The molecule has 0 amide bonds. The second-order valence-corrected chi connectivity index (χ2v) is 3.85. The van der Waals surface area contributed by atoms with Crippen LogP contribution in [-0.4, -0.2) is 0 Å². The van der Waals surface area contributed by atoms with E-state index in [1.807, 2.05) is 6.07 Å². The Kier molecular flexibility index (Phi) is 3.27. The van der Waals surface area contributed by atoms with E-state index >= 15 is 0 Å². The predicted octanol–water partition coefficient (Wildman–Crippen LogP) is 4.09. The minimum atomic E-state index is -0.320. The fourth-order valence-corrected chi connectivity index (χ4v) is 1.64. The van der Waals surface area contributed by atoms with E-state index in [0.717, 1.165) is 0 Å². The molecule has 0 aromatic heterocycles. The van der Waals surface area contributed by atoms with Crippen LogP contribution < -0.4 is 5.32 Å². The second kappa shape index (κ2) is 4.86. The molecular formula is C13H8ClFN2. The Hall–Kier alpha value is -2.05. The minimum absolute atomic E-state index is 0.320. The Morgan fingerprint density at radius 1 is 1.18 bits per heavy atom. The van der Waals surface area contributed by atoms with Crippen molar-refractivity contribution in [3.05, 3.63) is 58.9 Å². The standard InChI is InChI=1S/C13H8ClFN2/c14-12-6-9(8-16)4-5-13(12)17-11-3-1-2-10(15)7-11/h1-7,17H. The summed E-state index contributed by atoms with van der Waals surface area (Å²) < 4.78 is 13.0. The summed E-state index contributed by atoms with van der Waals surface area (Å²) >= 11 is 5.99. The molecule has 0 aliphatic rings. The van der Waals surface area contributed by atoms with Crippen molar-refractivity contribution in [2.75, 3.05) is 5.32 Å². The molecule has 0 bridgehead atoms. The lowest BCUT2D eigenvalue weighted by Crippen LogP contribution is -1.92. The van der Waals surface area contributed by atoms with Gasteiger partial charge in [-0.2, -0.15) is 5.26 Å². The maximum Gasteiger partial charge on any atom is 0.125 e. The summed E-state index contributed by atoms with van der Waals surface area (Å²) in [6.07, 6.45) is 0. The summed E-state index contributed by atoms with van der Waals surface area (Å²) in [4.78, 5) is 0. The molecule has 0 aliphatic carbocycles. The first-order valence-corrected chi connectivity index (χ1v) is 5.29. The van der Waals surface area contributed by atoms with Crippen LogP contribution in [0.5, 0.6) is 0 Å². The number of nitrogens with one attached hydrogen (secondary N) is 1. The molecule has 1 N–H and O–H groups in total. The summed E-state index contributed by atoms with van der Waals surface area (Å²) in [7, 11) is 0. The zero-order valence-corrected chi connectivity index (χ0v) is 9.50. The first kappa shape index (κ1) is 11.4. The number of benzene rings is 2. The van der Waals surface area contributed by atoms with Gasteiger partial charge in [-0.3, -0.25) is 0 Å². The van der Waals surface area contributed by atoms with Gasteiger partial charge in [0.15, 0.2) is 0 Å². The molecule has 0 atom stereocenters. The Morgan fingerprint density at radius 3 is 2.65 bits per heavy atom. The zero-order chi connectivity index (χ0) is 12.3. The molecule has 0 aliphatic heterocycles. The van der Waals surface area contributed by atoms with Crippen LogP contribution >= 0.6 is 11.6 Å². The van der Waals surface area contributed by atoms with Crippen LogP contribution in [0.15, 0.2) is 42.5 Å². The number of hydrogen-bond acceptors (Lipinski definition) is 2. The molecule has 2 aromatic rings. The Labute approximate surface area is 103 Å². The highest BCUT2D eigenvalue weighted by atomic mass is 35.5. The molecule has 84 valence electrons. The SMILES string of the molecule is N#Cc1ccc(Nc2cccc(F)c2)c(Cl)c1. The van der Waals surface area contributed by atoms with Crippen LogP contribution in [0.3, 0.4) is 0 Å². The third-order valence-corrected chi connectivity index (χ3v) is 2.51. The molecule has 2 rings (SSSR count). The van der Waals surface area contributed by atoms with E-state index in [9.17, 15) is 4.39 Å². The van der Waals surface area contributed by atoms with Crippen LogP contribution in [0, 0.1) is 17.1 Å². The van der Waals surface area contributed by atoms with Crippen LogP contribution in [-0.2, 0) is 0 Å². The van der Waals surface area contributed by atoms with E-state index in [2.05, 4.69) is 5.32 Å². The van der Waals surface area contributed by atoms with Crippen LogP contribution in [0.25, 0.3) is 0 Å². The van der Waals surface area contributed by atoms with Crippen LogP contribution in [0.1, 0.15) is 5.56 Å². The van der Waals surface area contributed by atoms with Crippen molar-refractivity contribution in [1.82, 2.24) is 0 Å². The average molecular weight is 247 g/mol. The molecule has 2 nitrogen and oxygen atoms in total. The van der Waals surface area contributed by atoms with Gasteiger partial charge in [0.1, 0.15) is 5.82 Å². The van der Waals surface area contributed by atoms with E-state index in [1.54, 1.807) is 30.3 Å². The van der Waals surface area contributed by atoms with Gasteiger partial charge in [0, 0.05) is 5.69 Å². The molecule has 0 saturated carbocycles. The number of nitriles is 1. The van der Waals surface area contributed by atoms with Gasteiger partial charge in [-0.25, -0.2) is 4.39 Å². The summed E-state index contributed by atoms with van der Waals surface area (Å²) in [6, 6.07) is 13.0. The molecule has 0 heterocycles. The van der Waals surface area contributed by atoms with E-state index in [0.29, 0.717) is 22.0 Å². The highest BCUT2D eigenvalue weighted by Crippen LogP contribution is 2.26. The number of halogens is 2. The van der Waals surface area contributed by atoms with Crippen molar-refractivity contribution in [2.45, 2.75) is 0 Å². The van der Waals surface area contributed by atoms with Crippen LogP contribution in [0.2, 0.25) is 5.02 Å². The predicted molar refractivity (Wildman–Crippen MR) is 65.8 cm³/mol. The van der Waals surface area contributed by atoms with Crippen molar-refractivity contribution in [3.63, 3.8) is 0 Å². The molecule has 0 spiro atoms. The molecule has 0 fully saturated rings. The third-order valence-electron chi connectivity index (χ3n) is 2.20. The highest BCUT2D eigenvalue weighted by molar-refractivity contribution is 6.33. The molecule has 4 heteroatoms. The number of nitrogens with zero attached hydrogens (tertiary/aromatic N) is 1. The lowest BCUT2D eigenvalue weighted by Gasteiger charge is -2.08. The Morgan fingerprint density at radius 2 is 2.00 bits per heavy atom. The fourth-order valence-electron chi connectivity index (χ4n) is 1.41. The molecule has 0 saturated heterocycles. The summed E-state index contributed by atoms with van der Waals surface area (Å²) in [5, 5.41) is 12.1. The smallest absolute Gasteiger partial charge is 0.125 e. The van der Waals surface area contributed by atoms with Crippen molar-refractivity contribution >= 4 is 23.0 Å². The van der Waals surface area contributed by atoms with Gasteiger partial charge in [0.25, 0.3) is 0 Å². The van der Waals surface area contributed by atoms with E-state index in [1.165, 1.54) is 12.1 Å². The van der Waals surface area contributed by atoms with Gasteiger partial charge in [-0.05, 0) is 36.4 Å². The largest absolute Gasteiger partial charge is 0.354 e. The van der Waals surface area contributed by atoms with E-state index < -0.39 is 0 Å². The Balaban J connectivity index is 2.28. The summed E-state index contributed by atoms with van der Waals surface area (Å²) in [5.41, 5.74) is 1.73. The van der Waals surface area contributed by atoms with Crippen molar-refractivity contribution in [2.24, 2.45) is 0 Å². The zero-order valence-electron chi connectivity index (χ0n) is 8.74. The monoisotopic (exact) mass is 246 g/mol.